The number of hydrogen-bond donors (Lipinski definition) is 1. The Kier molecular flexibility index (Phi) is 3.89. The quantitative estimate of drug-likeness (QED) is 0.662. The summed E-state index contributed by atoms with van der Waals surface area (Å²) < 4.78 is 0. The Morgan fingerprint density at radius 1 is 1.50 bits per heavy atom. The molecule has 1 fully saturated rings. The van der Waals surface area contributed by atoms with Crippen molar-refractivity contribution in [3.05, 3.63) is 33.9 Å². The first kappa shape index (κ1) is 14.3. The first-order valence-electron chi connectivity index (χ1n) is 6.34. The lowest BCUT2D eigenvalue weighted by Crippen LogP contribution is -2.32. The molecule has 1 N–H and O–H groups in total. The molecule has 1 unspecified atom stereocenters. The largest absolute Gasteiger partial charge is 0.478 e. The molecule has 1 saturated heterocycles. The molecule has 1 aliphatic rings. The lowest BCUT2D eigenvalue weighted by molar-refractivity contribution is -0.384. The van der Waals surface area contributed by atoms with Crippen LogP contribution >= 0.6 is 0 Å². The molecule has 0 spiro atoms. The minimum Gasteiger partial charge on any atom is -0.478 e. The number of rotatable bonds is 4. The zero-order chi connectivity index (χ0) is 14.9. The van der Waals surface area contributed by atoms with Gasteiger partial charge in [0.2, 0.25) is 0 Å². The number of para-hydroxylation sites is 1. The van der Waals surface area contributed by atoms with E-state index in [2.05, 4.69) is 4.90 Å². The highest BCUT2D eigenvalue weighted by atomic mass is 16.6. The Labute approximate surface area is 116 Å². The van der Waals surface area contributed by atoms with Crippen molar-refractivity contribution < 1.29 is 14.8 Å². The summed E-state index contributed by atoms with van der Waals surface area (Å²) in [6.07, 6.45) is 0.859. The Morgan fingerprint density at radius 3 is 2.70 bits per heavy atom. The van der Waals surface area contributed by atoms with Crippen LogP contribution in [0.4, 0.5) is 11.4 Å². The smallest absolute Gasteiger partial charge is 0.338 e. The van der Waals surface area contributed by atoms with Crippen molar-refractivity contribution in [2.75, 3.05) is 32.1 Å². The number of nitro groups is 1. The minimum absolute atomic E-state index is 0.0152. The number of anilines is 1. The highest BCUT2D eigenvalue weighted by Crippen LogP contribution is 2.34. The number of aromatic carboxylic acids is 1. The van der Waals surface area contributed by atoms with Crippen LogP contribution in [0.3, 0.4) is 0 Å². The van der Waals surface area contributed by atoms with Gasteiger partial charge in [0.15, 0.2) is 0 Å². The molecule has 0 saturated carbocycles. The zero-order valence-corrected chi connectivity index (χ0v) is 11.4. The lowest BCUT2D eigenvalue weighted by atomic mass is 10.1. The zero-order valence-electron chi connectivity index (χ0n) is 11.4. The predicted octanol–water partition coefficient (Wildman–Crippen LogP) is 1.43. The van der Waals surface area contributed by atoms with Crippen LogP contribution in [-0.4, -0.2) is 54.1 Å². The fourth-order valence-electron chi connectivity index (χ4n) is 2.55. The van der Waals surface area contributed by atoms with E-state index in [1.54, 1.807) is 4.90 Å². The van der Waals surface area contributed by atoms with Gasteiger partial charge in [-0.1, -0.05) is 6.07 Å². The molecule has 0 aromatic heterocycles. The van der Waals surface area contributed by atoms with E-state index in [0.29, 0.717) is 13.1 Å². The second kappa shape index (κ2) is 5.46. The van der Waals surface area contributed by atoms with Crippen molar-refractivity contribution in [2.45, 2.75) is 12.5 Å². The van der Waals surface area contributed by atoms with E-state index in [4.69, 9.17) is 0 Å². The second-order valence-corrected chi connectivity index (χ2v) is 5.09. The van der Waals surface area contributed by atoms with Gasteiger partial charge in [0, 0.05) is 25.2 Å². The third kappa shape index (κ3) is 2.57. The van der Waals surface area contributed by atoms with Gasteiger partial charge >= 0.3 is 5.97 Å². The summed E-state index contributed by atoms with van der Waals surface area (Å²) in [6, 6.07) is 4.44. The van der Waals surface area contributed by atoms with Crippen molar-refractivity contribution in [1.29, 1.82) is 0 Å². The van der Waals surface area contributed by atoms with Gasteiger partial charge in [-0.05, 0) is 26.6 Å². The fourth-order valence-corrected chi connectivity index (χ4v) is 2.55. The van der Waals surface area contributed by atoms with Gasteiger partial charge in [-0.25, -0.2) is 4.79 Å². The molecule has 0 amide bonds. The maximum atomic E-state index is 11.3. The van der Waals surface area contributed by atoms with Crippen LogP contribution in [-0.2, 0) is 0 Å². The monoisotopic (exact) mass is 279 g/mol. The molecule has 1 atom stereocenters. The molecule has 1 aromatic carbocycles. The van der Waals surface area contributed by atoms with Gasteiger partial charge in [-0.3, -0.25) is 10.1 Å². The number of nitro benzene ring substituents is 1. The van der Waals surface area contributed by atoms with E-state index in [1.807, 2.05) is 14.1 Å². The third-order valence-corrected chi connectivity index (χ3v) is 3.65. The second-order valence-electron chi connectivity index (χ2n) is 5.09. The first-order valence-corrected chi connectivity index (χ1v) is 6.34. The number of carboxylic acid groups (broad SMARTS) is 1. The SMILES string of the molecule is CN(C)C1CCN(c2c(C(=O)O)cccc2[N+](=O)[O-])C1. The molecule has 20 heavy (non-hydrogen) atoms. The number of benzene rings is 1. The molecule has 1 aliphatic heterocycles. The van der Waals surface area contributed by atoms with Gasteiger partial charge in [-0.15, -0.1) is 0 Å². The minimum atomic E-state index is -1.14. The molecule has 7 heteroatoms. The summed E-state index contributed by atoms with van der Waals surface area (Å²) in [4.78, 5) is 25.8. The Bertz CT molecular complexity index is 512. The van der Waals surface area contributed by atoms with Crippen molar-refractivity contribution in [2.24, 2.45) is 0 Å². The van der Waals surface area contributed by atoms with Crippen LogP contribution in [0.1, 0.15) is 16.8 Å². The lowest BCUT2D eigenvalue weighted by Gasteiger charge is -2.22. The normalized spacial score (nSPS) is 18.6. The maximum absolute atomic E-state index is 11.3. The summed E-state index contributed by atoms with van der Waals surface area (Å²) in [5.74, 6) is -1.14. The van der Waals surface area contributed by atoms with Gasteiger partial charge in [0.05, 0.1) is 10.5 Å². The van der Waals surface area contributed by atoms with E-state index in [9.17, 15) is 20.0 Å². The number of likely N-dealkylation sites (N-methyl/N-ethyl adjacent to an activating group) is 1. The first-order chi connectivity index (χ1) is 9.41. The highest BCUT2D eigenvalue weighted by Gasteiger charge is 2.32. The van der Waals surface area contributed by atoms with Crippen molar-refractivity contribution in [3.8, 4) is 0 Å². The molecular formula is C13H17N3O4. The van der Waals surface area contributed by atoms with Crippen LogP contribution in [0.15, 0.2) is 18.2 Å². The average Bonchev–Trinajstić information content (AvgIpc) is 2.87. The number of nitrogens with zero attached hydrogens (tertiary/aromatic N) is 3. The number of carbonyl (C=O) groups is 1. The summed E-state index contributed by atoms with van der Waals surface area (Å²) >= 11 is 0. The van der Waals surface area contributed by atoms with Crippen LogP contribution in [0.25, 0.3) is 0 Å². The highest BCUT2D eigenvalue weighted by molar-refractivity contribution is 5.97. The van der Waals surface area contributed by atoms with Gasteiger partial charge in [-0.2, -0.15) is 0 Å². The molecule has 2 rings (SSSR count). The van der Waals surface area contributed by atoms with Crippen LogP contribution < -0.4 is 4.90 Å². The standard InChI is InChI=1S/C13H17N3O4/c1-14(2)9-6-7-15(8-9)12-10(13(17)18)4-3-5-11(12)16(19)20/h3-5,9H,6-8H2,1-2H3,(H,17,18). The molecule has 0 radical (unpaired) electrons. The summed E-state index contributed by atoms with van der Waals surface area (Å²) in [6.45, 7) is 1.21. The molecular weight excluding hydrogens is 262 g/mol. The summed E-state index contributed by atoms with van der Waals surface area (Å²) in [5.41, 5.74) is 0.0530. The van der Waals surface area contributed by atoms with E-state index in [1.165, 1.54) is 18.2 Å². The Hall–Kier alpha value is -2.15. The van der Waals surface area contributed by atoms with Crippen LogP contribution in [0.5, 0.6) is 0 Å². The molecule has 1 aromatic rings. The molecule has 0 bridgehead atoms. The maximum Gasteiger partial charge on any atom is 0.338 e. The van der Waals surface area contributed by atoms with Gasteiger partial charge < -0.3 is 14.9 Å². The Morgan fingerprint density at radius 2 is 2.20 bits per heavy atom. The van der Waals surface area contributed by atoms with Gasteiger partial charge in [0.25, 0.3) is 5.69 Å². The number of hydrogen-bond acceptors (Lipinski definition) is 5. The van der Waals surface area contributed by atoms with Crippen molar-refractivity contribution >= 4 is 17.3 Å². The molecule has 7 nitrogen and oxygen atoms in total. The van der Waals surface area contributed by atoms with E-state index in [0.717, 1.165) is 6.42 Å². The molecule has 108 valence electrons. The Balaban J connectivity index is 2.44. The third-order valence-electron chi connectivity index (χ3n) is 3.65. The van der Waals surface area contributed by atoms with E-state index < -0.39 is 10.9 Å². The van der Waals surface area contributed by atoms with E-state index >= 15 is 0 Å². The van der Waals surface area contributed by atoms with Crippen LogP contribution in [0.2, 0.25) is 0 Å². The molecule has 1 heterocycles. The average molecular weight is 279 g/mol. The molecule has 0 aliphatic carbocycles. The topological polar surface area (TPSA) is 86.9 Å². The number of carboxylic acids is 1. The van der Waals surface area contributed by atoms with E-state index in [-0.39, 0.29) is 23.0 Å². The summed E-state index contributed by atoms with van der Waals surface area (Å²) in [7, 11) is 3.90. The van der Waals surface area contributed by atoms with Crippen molar-refractivity contribution in [3.63, 3.8) is 0 Å². The summed E-state index contributed by atoms with van der Waals surface area (Å²) in [5, 5.41) is 20.4. The predicted molar refractivity (Wildman–Crippen MR) is 74.4 cm³/mol. The van der Waals surface area contributed by atoms with Crippen molar-refractivity contribution in [1.82, 2.24) is 4.90 Å². The fraction of sp³-hybridized carbons (Fsp3) is 0.462. The van der Waals surface area contributed by atoms with Gasteiger partial charge in [0.1, 0.15) is 5.69 Å². The van der Waals surface area contributed by atoms with Crippen LogP contribution in [0, 0.1) is 10.1 Å².